The molecule has 0 bridgehead atoms. The van der Waals surface area contributed by atoms with Crippen molar-refractivity contribution in [1.82, 2.24) is 15.8 Å². The van der Waals surface area contributed by atoms with E-state index in [4.69, 9.17) is 4.74 Å². The van der Waals surface area contributed by atoms with Crippen molar-refractivity contribution in [3.8, 4) is 0 Å². The lowest BCUT2D eigenvalue weighted by Gasteiger charge is -2.30. The van der Waals surface area contributed by atoms with Crippen LogP contribution in [-0.2, 0) is 14.3 Å². The van der Waals surface area contributed by atoms with Crippen molar-refractivity contribution in [2.75, 3.05) is 0 Å². The molecular weight excluding hydrogens is 405 g/mol. The Kier molecular flexibility index (Phi) is 4.72. The van der Waals surface area contributed by atoms with E-state index in [1.165, 1.54) is 13.8 Å². The number of ether oxygens (including phenoxy) is 1. The van der Waals surface area contributed by atoms with Crippen molar-refractivity contribution >= 4 is 17.6 Å². The summed E-state index contributed by atoms with van der Waals surface area (Å²) < 4.78 is 46.8. The molecule has 1 aromatic carbocycles. The van der Waals surface area contributed by atoms with Gasteiger partial charge in [0.1, 0.15) is 23.9 Å². The molecule has 0 saturated carbocycles. The van der Waals surface area contributed by atoms with Gasteiger partial charge in [0, 0.05) is 0 Å². The van der Waals surface area contributed by atoms with Gasteiger partial charge >= 0.3 is 12.1 Å². The second-order valence-electron chi connectivity index (χ2n) is 7.38. The highest BCUT2D eigenvalue weighted by atomic mass is 19.4. The maximum Gasteiger partial charge on any atom is 0.406 e. The Morgan fingerprint density at radius 2 is 1.93 bits per heavy atom. The molecule has 3 aliphatic rings. The number of aliphatic imine (C=N–C) groups is 1. The molecule has 0 radical (unpaired) electrons. The largest absolute Gasteiger partial charge is 0.480 e. The van der Waals surface area contributed by atoms with Crippen LogP contribution in [0.4, 0.5) is 13.2 Å². The summed E-state index contributed by atoms with van der Waals surface area (Å²) in [6.07, 6.45) is -6.50. The quantitative estimate of drug-likeness (QED) is 0.622. The van der Waals surface area contributed by atoms with Crippen LogP contribution in [0.15, 0.2) is 46.8 Å². The normalized spacial score (nSPS) is 33.6. The predicted octanol–water partition coefficient (Wildman–Crippen LogP) is 1.52. The van der Waals surface area contributed by atoms with Crippen LogP contribution in [0.1, 0.15) is 25.3 Å². The molecule has 2 saturated heterocycles. The molecule has 0 spiro atoms. The number of carboxylic acids is 1. The molecule has 3 heterocycles. The summed E-state index contributed by atoms with van der Waals surface area (Å²) in [5.74, 6) is -3.18. The van der Waals surface area contributed by atoms with Crippen LogP contribution in [0.5, 0.6) is 0 Å². The van der Waals surface area contributed by atoms with Gasteiger partial charge in [-0.3, -0.25) is 9.79 Å². The van der Waals surface area contributed by atoms with Crippen molar-refractivity contribution in [2.24, 2.45) is 4.99 Å². The molecule has 11 heteroatoms. The lowest BCUT2D eigenvalue weighted by molar-refractivity contribution is -0.161. The lowest BCUT2D eigenvalue weighted by Crippen LogP contribution is -2.50. The van der Waals surface area contributed by atoms with E-state index >= 15 is 0 Å². The maximum absolute atomic E-state index is 13.8. The fourth-order valence-electron chi connectivity index (χ4n) is 4.01. The summed E-state index contributed by atoms with van der Waals surface area (Å²) in [6.45, 7) is 3.01. The van der Waals surface area contributed by atoms with Gasteiger partial charge in [-0.25, -0.2) is 15.2 Å². The van der Waals surface area contributed by atoms with E-state index in [1.807, 2.05) is 0 Å². The topological polar surface area (TPSA) is 103 Å². The third kappa shape index (κ3) is 3.18. The number of fused-ring (bicyclic) bond motifs is 1. The van der Waals surface area contributed by atoms with Gasteiger partial charge in [-0.15, -0.1) is 0 Å². The molecule has 2 fully saturated rings. The van der Waals surface area contributed by atoms with Crippen molar-refractivity contribution in [3.63, 3.8) is 0 Å². The highest BCUT2D eigenvalue weighted by Gasteiger charge is 2.58. The van der Waals surface area contributed by atoms with Gasteiger partial charge in [-0.1, -0.05) is 30.3 Å². The van der Waals surface area contributed by atoms with Gasteiger partial charge in [-0.05, 0) is 19.4 Å². The first-order valence-electron chi connectivity index (χ1n) is 9.26. The maximum atomic E-state index is 13.8. The number of hydrazine groups is 1. The predicted molar refractivity (Wildman–Crippen MR) is 98.0 cm³/mol. The number of benzene rings is 1. The zero-order chi connectivity index (χ0) is 21.8. The number of hydrogen-bond donors (Lipinski definition) is 3. The summed E-state index contributed by atoms with van der Waals surface area (Å²) >= 11 is 0. The molecule has 5 atom stereocenters. The van der Waals surface area contributed by atoms with E-state index in [0.717, 1.165) is 5.01 Å². The number of halogens is 3. The molecule has 4 unspecified atom stereocenters. The minimum Gasteiger partial charge on any atom is -0.480 e. The first-order valence-corrected chi connectivity index (χ1v) is 9.26. The molecule has 3 aliphatic heterocycles. The van der Waals surface area contributed by atoms with Crippen LogP contribution >= 0.6 is 0 Å². The fraction of sp³-hybridized carbons (Fsp3) is 0.421. The molecule has 4 rings (SSSR count). The fourth-order valence-corrected chi connectivity index (χ4v) is 4.01. The summed E-state index contributed by atoms with van der Waals surface area (Å²) in [4.78, 5) is 28.8. The SMILES string of the molecule is CC1=NC2C(c3ccccc3)C(C(F)(F)F)NN2C(=O)/C1=C1/NC(C(=O)O)[C@H](C)O1. The van der Waals surface area contributed by atoms with E-state index in [2.05, 4.69) is 15.7 Å². The molecule has 3 N–H and O–H groups in total. The third-order valence-electron chi connectivity index (χ3n) is 5.43. The van der Waals surface area contributed by atoms with E-state index in [9.17, 15) is 27.9 Å². The molecule has 1 aromatic rings. The van der Waals surface area contributed by atoms with Crippen LogP contribution in [0, 0.1) is 0 Å². The number of carbonyl (C=O) groups excluding carboxylic acids is 1. The van der Waals surface area contributed by atoms with Crippen molar-refractivity contribution in [2.45, 2.75) is 50.3 Å². The van der Waals surface area contributed by atoms with E-state index in [1.54, 1.807) is 30.3 Å². The molecule has 160 valence electrons. The Labute approximate surface area is 169 Å². The third-order valence-corrected chi connectivity index (χ3v) is 5.43. The van der Waals surface area contributed by atoms with Gasteiger partial charge in [0.05, 0.1) is 11.6 Å². The Bertz CT molecular complexity index is 947. The van der Waals surface area contributed by atoms with Crippen molar-refractivity contribution in [3.05, 3.63) is 47.4 Å². The van der Waals surface area contributed by atoms with Crippen molar-refractivity contribution in [1.29, 1.82) is 0 Å². The molecule has 30 heavy (non-hydrogen) atoms. The van der Waals surface area contributed by atoms with Gasteiger partial charge in [0.15, 0.2) is 6.04 Å². The van der Waals surface area contributed by atoms with Gasteiger partial charge in [-0.2, -0.15) is 13.2 Å². The number of nitrogens with zero attached hydrogens (tertiary/aromatic N) is 2. The Morgan fingerprint density at radius 1 is 1.27 bits per heavy atom. The summed E-state index contributed by atoms with van der Waals surface area (Å²) in [6, 6.07) is 4.99. The van der Waals surface area contributed by atoms with Crippen LogP contribution in [0.3, 0.4) is 0 Å². The number of carbonyl (C=O) groups is 2. The molecule has 1 amide bonds. The van der Waals surface area contributed by atoms with E-state index in [-0.39, 0.29) is 17.2 Å². The number of nitrogens with one attached hydrogen (secondary N) is 2. The molecule has 8 nitrogen and oxygen atoms in total. The monoisotopic (exact) mass is 424 g/mol. The number of carboxylic acid groups (broad SMARTS) is 1. The van der Waals surface area contributed by atoms with E-state index < -0.39 is 48.3 Å². The van der Waals surface area contributed by atoms with Gasteiger partial charge < -0.3 is 15.2 Å². The summed E-state index contributed by atoms with van der Waals surface area (Å²) in [5, 5.41) is 12.7. The molecule has 0 aliphatic carbocycles. The van der Waals surface area contributed by atoms with Crippen LogP contribution in [0.2, 0.25) is 0 Å². The van der Waals surface area contributed by atoms with Crippen LogP contribution < -0.4 is 10.7 Å². The smallest absolute Gasteiger partial charge is 0.406 e. The zero-order valence-electron chi connectivity index (χ0n) is 16.0. The minimum atomic E-state index is -4.63. The standard InChI is InChI=1S/C19H19F3N4O4/c1-8-11(16-24-13(18(28)29)9(2)30-16)17(27)26-15(23-8)12(10-6-4-3-5-7-10)14(25-26)19(20,21)22/h3-7,9,12-15,24-25H,1-2H3,(H,28,29)/b16-11-/t9-,12?,13?,14?,15?/m0/s1. The number of rotatable bonds is 2. The highest BCUT2D eigenvalue weighted by Crippen LogP contribution is 2.43. The van der Waals surface area contributed by atoms with E-state index in [0.29, 0.717) is 5.56 Å². The first kappa shape index (κ1) is 20.2. The van der Waals surface area contributed by atoms with Crippen LogP contribution in [-0.4, -0.2) is 58.2 Å². The highest BCUT2D eigenvalue weighted by molar-refractivity contribution is 6.22. The average molecular weight is 424 g/mol. The Hall–Kier alpha value is -3.08. The molecule has 0 aromatic heterocycles. The summed E-state index contributed by atoms with van der Waals surface area (Å²) in [7, 11) is 0. The van der Waals surface area contributed by atoms with Gasteiger partial charge in [0.25, 0.3) is 5.91 Å². The number of amides is 1. The lowest BCUT2D eigenvalue weighted by atomic mass is 9.89. The Morgan fingerprint density at radius 3 is 2.50 bits per heavy atom. The Balaban J connectivity index is 1.76. The zero-order valence-corrected chi connectivity index (χ0v) is 16.0. The second-order valence-corrected chi connectivity index (χ2v) is 7.38. The summed E-state index contributed by atoms with van der Waals surface area (Å²) in [5.41, 5.74) is 2.75. The number of hydrogen-bond acceptors (Lipinski definition) is 6. The molecular formula is C19H19F3N4O4. The minimum absolute atomic E-state index is 0.0935. The number of alkyl halides is 3. The van der Waals surface area contributed by atoms with Crippen molar-refractivity contribution < 1.29 is 32.6 Å². The van der Waals surface area contributed by atoms with Crippen LogP contribution in [0.25, 0.3) is 0 Å². The van der Waals surface area contributed by atoms with Gasteiger partial charge in [0.2, 0.25) is 5.88 Å². The first-order chi connectivity index (χ1) is 14.1. The number of aliphatic carboxylic acids is 1. The second kappa shape index (κ2) is 7.01. The average Bonchev–Trinajstić information content (AvgIpc) is 3.23.